The molecule has 2 aromatic rings. The Kier molecular flexibility index (Phi) is 9.14. The predicted molar refractivity (Wildman–Crippen MR) is 127 cm³/mol. The van der Waals surface area contributed by atoms with Crippen molar-refractivity contribution in [1.82, 2.24) is 19.8 Å². The standard InChI is InChI=1S/C24H31FN4O4S/c1-2-12-26-23(30)18-28-13-15-29(16-14-28)24(31)21(17-19-8-4-3-5-9-19)27-34(32,33)22-11-7-6-10-20(22)25/h3-11,21,27H,2,12-18H2,1H3,(H,26,30). The van der Waals surface area contributed by atoms with Crippen molar-refractivity contribution in [3.63, 3.8) is 0 Å². The summed E-state index contributed by atoms with van der Waals surface area (Å²) in [6.45, 7) is 4.61. The Hall–Kier alpha value is -2.82. The molecule has 1 aliphatic heterocycles. The summed E-state index contributed by atoms with van der Waals surface area (Å²) < 4.78 is 42.5. The zero-order valence-electron chi connectivity index (χ0n) is 19.2. The van der Waals surface area contributed by atoms with Crippen LogP contribution < -0.4 is 10.0 Å². The number of nitrogens with one attached hydrogen (secondary N) is 2. The number of piperazine rings is 1. The zero-order chi connectivity index (χ0) is 24.6. The number of hydrogen-bond donors (Lipinski definition) is 2. The van der Waals surface area contributed by atoms with Gasteiger partial charge in [0.1, 0.15) is 16.8 Å². The van der Waals surface area contributed by atoms with Crippen molar-refractivity contribution >= 4 is 21.8 Å². The number of nitrogens with zero attached hydrogens (tertiary/aromatic N) is 2. The lowest BCUT2D eigenvalue weighted by atomic mass is 10.1. The van der Waals surface area contributed by atoms with Crippen molar-refractivity contribution < 1.29 is 22.4 Å². The monoisotopic (exact) mass is 490 g/mol. The summed E-state index contributed by atoms with van der Waals surface area (Å²) in [5.41, 5.74) is 0.781. The maximum Gasteiger partial charge on any atom is 0.244 e. The van der Waals surface area contributed by atoms with Crippen LogP contribution in [0.3, 0.4) is 0 Å². The molecule has 8 nitrogen and oxygen atoms in total. The van der Waals surface area contributed by atoms with Crippen LogP contribution in [-0.2, 0) is 26.0 Å². The number of amides is 2. The minimum Gasteiger partial charge on any atom is -0.355 e. The molecule has 0 aliphatic carbocycles. The van der Waals surface area contributed by atoms with Gasteiger partial charge >= 0.3 is 0 Å². The average molecular weight is 491 g/mol. The third-order valence-corrected chi connectivity index (χ3v) is 7.13. The second-order valence-corrected chi connectivity index (χ2v) is 9.93. The summed E-state index contributed by atoms with van der Waals surface area (Å²) in [5.74, 6) is -1.31. The van der Waals surface area contributed by atoms with E-state index < -0.39 is 26.8 Å². The molecule has 2 N–H and O–H groups in total. The highest BCUT2D eigenvalue weighted by Gasteiger charge is 2.32. The van der Waals surface area contributed by atoms with Crippen molar-refractivity contribution in [2.75, 3.05) is 39.3 Å². The topological polar surface area (TPSA) is 98.8 Å². The summed E-state index contributed by atoms with van der Waals surface area (Å²) in [6, 6.07) is 13.1. The molecule has 2 amide bonds. The van der Waals surface area contributed by atoms with Crippen LogP contribution in [0.25, 0.3) is 0 Å². The molecule has 1 fully saturated rings. The van der Waals surface area contributed by atoms with Crippen molar-refractivity contribution in [2.45, 2.75) is 30.7 Å². The molecule has 2 aromatic carbocycles. The van der Waals surface area contributed by atoms with Crippen molar-refractivity contribution in [1.29, 1.82) is 0 Å². The van der Waals surface area contributed by atoms with Gasteiger partial charge < -0.3 is 10.2 Å². The number of rotatable bonds is 10. The maximum absolute atomic E-state index is 14.2. The molecular formula is C24H31FN4O4S. The fourth-order valence-corrected chi connectivity index (χ4v) is 5.08. The lowest BCUT2D eigenvalue weighted by Gasteiger charge is -2.36. The van der Waals surface area contributed by atoms with Gasteiger partial charge in [0.05, 0.1) is 6.54 Å². The highest BCUT2D eigenvalue weighted by Crippen LogP contribution is 2.16. The second kappa shape index (κ2) is 12.0. The summed E-state index contributed by atoms with van der Waals surface area (Å²) in [7, 11) is -4.27. The molecule has 184 valence electrons. The first-order chi connectivity index (χ1) is 16.3. The van der Waals surface area contributed by atoms with Gasteiger partial charge in [0, 0.05) is 32.7 Å². The number of carbonyl (C=O) groups excluding carboxylic acids is 2. The first kappa shape index (κ1) is 25.8. The molecule has 0 radical (unpaired) electrons. The molecule has 10 heteroatoms. The third-order valence-electron chi connectivity index (χ3n) is 5.63. The quantitative estimate of drug-likeness (QED) is 0.525. The first-order valence-electron chi connectivity index (χ1n) is 11.4. The van der Waals surface area contributed by atoms with E-state index in [4.69, 9.17) is 0 Å². The van der Waals surface area contributed by atoms with Crippen molar-refractivity contribution in [3.05, 3.63) is 66.0 Å². The van der Waals surface area contributed by atoms with Crippen LogP contribution in [-0.4, -0.2) is 75.3 Å². The molecule has 0 spiro atoms. The van der Waals surface area contributed by atoms with E-state index in [0.29, 0.717) is 32.7 Å². The van der Waals surface area contributed by atoms with E-state index in [0.717, 1.165) is 18.1 Å². The summed E-state index contributed by atoms with van der Waals surface area (Å²) in [6.07, 6.45) is 0.993. The normalized spacial score (nSPS) is 15.6. The number of carbonyl (C=O) groups is 2. The second-order valence-electron chi connectivity index (χ2n) is 8.25. The molecule has 3 rings (SSSR count). The minimum absolute atomic E-state index is 0.0544. The molecule has 34 heavy (non-hydrogen) atoms. The Morgan fingerprint density at radius 3 is 2.29 bits per heavy atom. The van der Waals surface area contributed by atoms with E-state index in [1.54, 1.807) is 4.90 Å². The Labute approximate surface area is 200 Å². The van der Waals surface area contributed by atoms with Gasteiger partial charge in [-0.05, 0) is 30.5 Å². The molecule has 1 saturated heterocycles. The predicted octanol–water partition coefficient (Wildman–Crippen LogP) is 1.39. The summed E-state index contributed by atoms with van der Waals surface area (Å²) in [5, 5.41) is 2.84. The van der Waals surface area contributed by atoms with Gasteiger partial charge in [-0.3, -0.25) is 14.5 Å². The number of sulfonamides is 1. The SMILES string of the molecule is CCCNC(=O)CN1CCN(C(=O)C(Cc2ccccc2)NS(=O)(=O)c2ccccc2F)CC1. The first-order valence-corrected chi connectivity index (χ1v) is 12.9. The van der Waals surface area contributed by atoms with Gasteiger partial charge in [-0.1, -0.05) is 49.4 Å². The zero-order valence-corrected chi connectivity index (χ0v) is 20.1. The van der Waals surface area contributed by atoms with Gasteiger partial charge in [-0.25, -0.2) is 12.8 Å². The molecule has 1 atom stereocenters. The van der Waals surface area contributed by atoms with Crippen LogP contribution in [0.2, 0.25) is 0 Å². The van der Waals surface area contributed by atoms with Gasteiger partial charge in [0.2, 0.25) is 21.8 Å². The maximum atomic E-state index is 14.2. The summed E-state index contributed by atoms with van der Waals surface area (Å²) >= 11 is 0. The third kappa shape index (κ3) is 7.09. The Bertz CT molecular complexity index is 1070. The fraction of sp³-hybridized carbons (Fsp3) is 0.417. The molecule has 0 saturated carbocycles. The van der Waals surface area contributed by atoms with Gasteiger partial charge in [-0.2, -0.15) is 4.72 Å². The van der Waals surface area contributed by atoms with Crippen molar-refractivity contribution in [3.8, 4) is 0 Å². The van der Waals surface area contributed by atoms with Crippen LogP contribution in [0, 0.1) is 5.82 Å². The summed E-state index contributed by atoms with van der Waals surface area (Å²) in [4.78, 5) is 28.4. The van der Waals surface area contributed by atoms with Crippen LogP contribution >= 0.6 is 0 Å². The Morgan fingerprint density at radius 2 is 1.65 bits per heavy atom. The lowest BCUT2D eigenvalue weighted by Crippen LogP contribution is -2.56. The molecule has 1 heterocycles. The van der Waals surface area contributed by atoms with Crippen LogP contribution in [0.1, 0.15) is 18.9 Å². The number of halogens is 1. The van der Waals surface area contributed by atoms with E-state index in [9.17, 15) is 22.4 Å². The van der Waals surface area contributed by atoms with E-state index >= 15 is 0 Å². The fourth-order valence-electron chi connectivity index (χ4n) is 3.81. The van der Waals surface area contributed by atoms with E-state index in [1.165, 1.54) is 18.2 Å². The van der Waals surface area contributed by atoms with Crippen LogP contribution in [0.4, 0.5) is 4.39 Å². The van der Waals surface area contributed by atoms with Crippen molar-refractivity contribution in [2.24, 2.45) is 0 Å². The number of benzene rings is 2. The lowest BCUT2D eigenvalue weighted by molar-refractivity contribution is -0.135. The minimum atomic E-state index is -4.27. The molecular weight excluding hydrogens is 459 g/mol. The highest BCUT2D eigenvalue weighted by molar-refractivity contribution is 7.89. The van der Waals surface area contributed by atoms with Gasteiger partial charge in [-0.15, -0.1) is 0 Å². The van der Waals surface area contributed by atoms with E-state index in [1.807, 2.05) is 42.2 Å². The Balaban J connectivity index is 1.71. The van der Waals surface area contributed by atoms with Gasteiger partial charge in [0.25, 0.3) is 0 Å². The van der Waals surface area contributed by atoms with Crippen LogP contribution in [0.15, 0.2) is 59.5 Å². The highest BCUT2D eigenvalue weighted by atomic mass is 32.2. The average Bonchev–Trinajstić information content (AvgIpc) is 2.83. The van der Waals surface area contributed by atoms with Gasteiger partial charge in [0.15, 0.2) is 0 Å². The number of hydrogen-bond acceptors (Lipinski definition) is 5. The largest absolute Gasteiger partial charge is 0.355 e. The van der Waals surface area contributed by atoms with E-state index in [2.05, 4.69) is 10.0 Å². The van der Waals surface area contributed by atoms with Crippen LogP contribution in [0.5, 0.6) is 0 Å². The van der Waals surface area contributed by atoms with E-state index in [-0.39, 0.29) is 24.8 Å². The molecule has 0 aromatic heterocycles. The molecule has 0 bridgehead atoms. The smallest absolute Gasteiger partial charge is 0.244 e. The Morgan fingerprint density at radius 1 is 1.00 bits per heavy atom. The molecule has 1 aliphatic rings. The molecule has 1 unspecified atom stereocenters.